The molecule has 2 heterocycles. The molecule has 0 radical (unpaired) electrons. The van der Waals surface area contributed by atoms with Crippen molar-refractivity contribution in [3.8, 4) is 16.9 Å². The van der Waals surface area contributed by atoms with E-state index in [0.717, 1.165) is 11.2 Å². The highest BCUT2D eigenvalue weighted by Gasteiger charge is 2.34. The Morgan fingerprint density at radius 2 is 1.84 bits per heavy atom. The first-order valence-corrected chi connectivity index (χ1v) is 12.9. The van der Waals surface area contributed by atoms with E-state index in [1.54, 1.807) is 16.7 Å². The van der Waals surface area contributed by atoms with Crippen molar-refractivity contribution in [3.05, 3.63) is 77.9 Å². The zero-order valence-electron chi connectivity index (χ0n) is 19.3. The highest BCUT2D eigenvalue weighted by Crippen LogP contribution is 2.38. The molecule has 0 spiro atoms. The average Bonchev–Trinajstić information content (AvgIpc) is 3.19. The Bertz CT molecular complexity index is 1620. The van der Waals surface area contributed by atoms with Crippen molar-refractivity contribution in [3.63, 3.8) is 0 Å². The van der Waals surface area contributed by atoms with Gasteiger partial charge in [0.1, 0.15) is 17.4 Å². The van der Waals surface area contributed by atoms with Crippen molar-refractivity contribution in [1.82, 2.24) is 14.5 Å². The van der Waals surface area contributed by atoms with E-state index in [9.17, 15) is 27.1 Å². The molecule has 1 amide bonds. The van der Waals surface area contributed by atoms with Crippen LogP contribution in [-0.4, -0.2) is 53.5 Å². The van der Waals surface area contributed by atoms with Crippen LogP contribution in [0.25, 0.3) is 22.2 Å². The third kappa shape index (κ3) is 4.59. The van der Waals surface area contributed by atoms with Crippen LogP contribution in [0.5, 0.6) is 5.75 Å². The Hall–Kier alpha value is -4.06. The summed E-state index contributed by atoms with van der Waals surface area (Å²) in [5, 5.41) is 9.67. The summed E-state index contributed by atoms with van der Waals surface area (Å²) >= 11 is 0. The number of carbonyl (C=O) groups is 1. The standard InChI is InChI=1S/C25H20F3N3O5S/c1-37(34,35)15-8-6-14(7-9-15)17-10-20-19(11-18(17)26)29-23-13-30(25(32)33)12-21(31(20)23)16-4-2-3-5-22(16)36-24(27)28/h2-11,21,24H,12-13H2,1H3,(H,32,33)/t21-/m0/s1. The number of hydrogen-bond donors (Lipinski definition) is 1. The maximum absolute atomic E-state index is 15.2. The number of carboxylic acid groups (broad SMARTS) is 1. The monoisotopic (exact) mass is 531 g/mol. The Morgan fingerprint density at radius 1 is 1.14 bits per heavy atom. The second-order valence-electron chi connectivity index (χ2n) is 8.61. The van der Waals surface area contributed by atoms with E-state index >= 15 is 4.39 Å². The lowest BCUT2D eigenvalue weighted by atomic mass is 10.0. The van der Waals surface area contributed by atoms with Crippen LogP contribution in [0.15, 0.2) is 65.6 Å². The van der Waals surface area contributed by atoms with Crippen LogP contribution in [0, 0.1) is 5.82 Å². The summed E-state index contributed by atoms with van der Waals surface area (Å²) in [6, 6.07) is 13.8. The molecule has 1 aromatic heterocycles. The number of para-hydroxylation sites is 1. The summed E-state index contributed by atoms with van der Waals surface area (Å²) in [4.78, 5) is 17.5. The zero-order chi connectivity index (χ0) is 26.5. The fourth-order valence-corrected chi connectivity index (χ4v) is 5.23. The van der Waals surface area contributed by atoms with Crippen molar-refractivity contribution in [2.75, 3.05) is 12.8 Å². The van der Waals surface area contributed by atoms with Gasteiger partial charge in [0.2, 0.25) is 0 Å². The van der Waals surface area contributed by atoms with E-state index in [1.165, 1.54) is 48.5 Å². The molecule has 0 bridgehead atoms. The minimum atomic E-state index is -3.44. The smallest absolute Gasteiger partial charge is 0.407 e. The van der Waals surface area contributed by atoms with E-state index < -0.39 is 34.4 Å². The Labute approximate surface area is 209 Å². The lowest BCUT2D eigenvalue weighted by Crippen LogP contribution is -2.41. The van der Waals surface area contributed by atoms with Gasteiger partial charge in [-0.05, 0) is 29.8 Å². The van der Waals surface area contributed by atoms with Crippen molar-refractivity contribution < 1.29 is 36.2 Å². The summed E-state index contributed by atoms with van der Waals surface area (Å²) in [6.07, 6.45) is -0.142. The first kappa shape index (κ1) is 24.6. The Kier molecular flexibility index (Phi) is 6.06. The minimum Gasteiger partial charge on any atom is -0.465 e. The van der Waals surface area contributed by atoms with Crippen LogP contribution >= 0.6 is 0 Å². The topological polar surface area (TPSA) is 102 Å². The normalized spacial score (nSPS) is 15.7. The second-order valence-corrected chi connectivity index (χ2v) is 10.6. The number of rotatable bonds is 5. The molecule has 4 aromatic rings. The van der Waals surface area contributed by atoms with E-state index in [0.29, 0.717) is 22.5 Å². The number of aromatic nitrogens is 2. The number of sulfone groups is 1. The molecule has 0 aliphatic carbocycles. The lowest BCUT2D eigenvalue weighted by Gasteiger charge is -2.34. The number of halogens is 3. The summed E-state index contributed by atoms with van der Waals surface area (Å²) in [7, 11) is -3.44. The maximum atomic E-state index is 15.2. The summed E-state index contributed by atoms with van der Waals surface area (Å²) in [5.74, 6) is -0.408. The quantitative estimate of drug-likeness (QED) is 0.392. The predicted molar refractivity (Wildman–Crippen MR) is 128 cm³/mol. The summed E-state index contributed by atoms with van der Waals surface area (Å²) in [5.41, 5.74) is 1.63. The molecule has 3 aromatic carbocycles. The zero-order valence-corrected chi connectivity index (χ0v) is 20.1. The summed E-state index contributed by atoms with van der Waals surface area (Å²) in [6.45, 7) is -3.25. The SMILES string of the molecule is CS(=O)(=O)c1ccc(-c2cc3c(cc2F)nc2n3[C@H](c3ccccc3OC(F)F)CN(C(=O)O)C2)cc1. The van der Waals surface area contributed by atoms with Crippen LogP contribution in [0.4, 0.5) is 18.0 Å². The van der Waals surface area contributed by atoms with Gasteiger partial charge < -0.3 is 14.4 Å². The molecule has 1 atom stereocenters. The third-order valence-electron chi connectivity index (χ3n) is 6.25. The molecule has 1 aliphatic rings. The Morgan fingerprint density at radius 3 is 2.49 bits per heavy atom. The molecule has 192 valence electrons. The number of ether oxygens (including phenoxy) is 1. The molecule has 0 saturated heterocycles. The van der Waals surface area contributed by atoms with Crippen LogP contribution in [-0.2, 0) is 16.4 Å². The molecular formula is C25H20F3N3O5S. The Balaban J connectivity index is 1.69. The van der Waals surface area contributed by atoms with Crippen molar-refractivity contribution >= 4 is 27.0 Å². The van der Waals surface area contributed by atoms with Gasteiger partial charge in [-0.25, -0.2) is 22.6 Å². The number of hydrogen-bond acceptors (Lipinski definition) is 5. The van der Waals surface area contributed by atoms with E-state index in [-0.39, 0.29) is 34.8 Å². The first-order chi connectivity index (χ1) is 17.5. The minimum absolute atomic E-state index is 0.0762. The number of amides is 1. The molecule has 0 unspecified atom stereocenters. The second kappa shape index (κ2) is 9.11. The van der Waals surface area contributed by atoms with Gasteiger partial charge in [0.15, 0.2) is 9.84 Å². The highest BCUT2D eigenvalue weighted by molar-refractivity contribution is 7.90. The van der Waals surface area contributed by atoms with Gasteiger partial charge >= 0.3 is 12.7 Å². The van der Waals surface area contributed by atoms with Gasteiger partial charge in [-0.15, -0.1) is 0 Å². The predicted octanol–water partition coefficient (Wildman–Crippen LogP) is 4.93. The number of alkyl halides is 2. The van der Waals surface area contributed by atoms with E-state index in [1.807, 2.05) is 0 Å². The number of benzene rings is 3. The van der Waals surface area contributed by atoms with Crippen LogP contribution < -0.4 is 4.74 Å². The number of imidazole rings is 1. The maximum Gasteiger partial charge on any atom is 0.407 e. The molecule has 0 fully saturated rings. The van der Waals surface area contributed by atoms with Gasteiger partial charge in [0.05, 0.1) is 28.5 Å². The lowest BCUT2D eigenvalue weighted by molar-refractivity contribution is -0.0508. The van der Waals surface area contributed by atoms with Crippen molar-refractivity contribution in [2.45, 2.75) is 24.1 Å². The highest BCUT2D eigenvalue weighted by atomic mass is 32.2. The third-order valence-corrected chi connectivity index (χ3v) is 7.38. The number of nitrogens with zero attached hydrogens (tertiary/aromatic N) is 3. The average molecular weight is 532 g/mol. The van der Waals surface area contributed by atoms with Crippen molar-refractivity contribution in [1.29, 1.82) is 0 Å². The number of fused-ring (bicyclic) bond motifs is 3. The molecule has 0 saturated carbocycles. The largest absolute Gasteiger partial charge is 0.465 e. The molecular weight excluding hydrogens is 511 g/mol. The van der Waals surface area contributed by atoms with Gasteiger partial charge in [-0.1, -0.05) is 30.3 Å². The van der Waals surface area contributed by atoms with Gasteiger partial charge in [0, 0.05) is 30.0 Å². The van der Waals surface area contributed by atoms with Crippen LogP contribution in [0.3, 0.4) is 0 Å². The van der Waals surface area contributed by atoms with Gasteiger partial charge in [0.25, 0.3) is 0 Å². The molecule has 5 rings (SSSR count). The van der Waals surface area contributed by atoms with Crippen LogP contribution in [0.2, 0.25) is 0 Å². The molecule has 8 nitrogen and oxygen atoms in total. The van der Waals surface area contributed by atoms with Crippen molar-refractivity contribution in [2.24, 2.45) is 0 Å². The fourth-order valence-electron chi connectivity index (χ4n) is 4.60. The van der Waals surface area contributed by atoms with E-state index in [2.05, 4.69) is 4.98 Å². The molecule has 1 N–H and O–H groups in total. The fraction of sp³-hybridized carbons (Fsp3) is 0.200. The van der Waals surface area contributed by atoms with E-state index in [4.69, 9.17) is 4.74 Å². The van der Waals surface area contributed by atoms with Gasteiger partial charge in [-0.2, -0.15) is 8.78 Å². The molecule has 12 heteroatoms. The van der Waals surface area contributed by atoms with Crippen LogP contribution in [0.1, 0.15) is 17.4 Å². The molecule has 37 heavy (non-hydrogen) atoms. The molecule has 1 aliphatic heterocycles. The summed E-state index contributed by atoms with van der Waals surface area (Å²) < 4.78 is 71.4. The van der Waals surface area contributed by atoms with Gasteiger partial charge in [-0.3, -0.25) is 4.90 Å². The first-order valence-electron chi connectivity index (χ1n) is 11.1.